The largest absolute Gasteiger partial charge is 0.372 e. The van der Waals surface area contributed by atoms with Gasteiger partial charge in [0.1, 0.15) is 0 Å². The highest BCUT2D eigenvalue weighted by atomic mass is 16.5. The molecule has 27 heavy (non-hydrogen) atoms. The summed E-state index contributed by atoms with van der Waals surface area (Å²) in [5.74, 6) is 4.97. The molecule has 0 spiro atoms. The van der Waals surface area contributed by atoms with Crippen molar-refractivity contribution in [2.24, 2.45) is 46.3 Å². The first kappa shape index (κ1) is 20.0. The van der Waals surface area contributed by atoms with Gasteiger partial charge in [0.2, 0.25) is 0 Å². The number of fused-ring (bicyclic) bond motifs is 5. The third kappa shape index (κ3) is 3.15. The molecular weight excluding hydrogens is 328 g/mol. The summed E-state index contributed by atoms with van der Waals surface area (Å²) in [6.45, 7) is 18.8. The number of rotatable bonds is 2. The zero-order valence-electron chi connectivity index (χ0n) is 18.9. The predicted octanol–water partition coefficient (Wildman–Crippen LogP) is 7.26. The van der Waals surface area contributed by atoms with Crippen LogP contribution in [0, 0.1) is 46.3 Å². The van der Waals surface area contributed by atoms with E-state index in [1.54, 1.807) is 0 Å². The molecule has 4 saturated carbocycles. The van der Waals surface area contributed by atoms with Crippen molar-refractivity contribution in [3.8, 4) is 0 Å². The van der Waals surface area contributed by atoms with Gasteiger partial charge in [-0.3, -0.25) is 0 Å². The molecule has 9 unspecified atom stereocenters. The van der Waals surface area contributed by atoms with Crippen LogP contribution < -0.4 is 0 Å². The zero-order chi connectivity index (χ0) is 19.6. The molecule has 0 N–H and O–H groups in total. The van der Waals surface area contributed by atoms with Crippen molar-refractivity contribution in [3.05, 3.63) is 12.7 Å². The van der Waals surface area contributed by atoms with Gasteiger partial charge in [0.05, 0.1) is 11.7 Å². The summed E-state index contributed by atoms with van der Waals surface area (Å²) in [6, 6.07) is 0. The predicted molar refractivity (Wildman–Crippen MR) is 115 cm³/mol. The average Bonchev–Trinajstić information content (AvgIpc) is 2.91. The van der Waals surface area contributed by atoms with Gasteiger partial charge in [0, 0.05) is 0 Å². The Kier molecular flexibility index (Phi) is 4.90. The third-order valence-corrected chi connectivity index (χ3v) is 9.78. The molecule has 1 nitrogen and oxygen atoms in total. The summed E-state index contributed by atoms with van der Waals surface area (Å²) < 4.78 is 6.87. The van der Waals surface area contributed by atoms with Crippen LogP contribution in [0.15, 0.2) is 12.7 Å². The van der Waals surface area contributed by atoms with Gasteiger partial charge in [0.15, 0.2) is 0 Å². The minimum absolute atomic E-state index is 0.0342. The first-order valence-electron chi connectivity index (χ1n) is 11.9. The van der Waals surface area contributed by atoms with Crippen LogP contribution >= 0.6 is 0 Å². The van der Waals surface area contributed by atoms with E-state index in [0.717, 1.165) is 35.5 Å². The summed E-state index contributed by atoms with van der Waals surface area (Å²) in [7, 11) is 0. The molecule has 0 aliphatic heterocycles. The van der Waals surface area contributed by atoms with E-state index >= 15 is 0 Å². The van der Waals surface area contributed by atoms with E-state index in [2.05, 4.69) is 54.2 Å². The lowest BCUT2D eigenvalue weighted by molar-refractivity contribution is -0.206. The summed E-state index contributed by atoms with van der Waals surface area (Å²) in [6.07, 6.45) is 14.0. The lowest BCUT2D eigenvalue weighted by Gasteiger charge is -2.63. The summed E-state index contributed by atoms with van der Waals surface area (Å²) in [5, 5.41) is 0. The molecule has 0 aromatic heterocycles. The summed E-state index contributed by atoms with van der Waals surface area (Å²) >= 11 is 0. The van der Waals surface area contributed by atoms with Crippen molar-refractivity contribution >= 4 is 0 Å². The summed E-state index contributed by atoms with van der Waals surface area (Å²) in [4.78, 5) is 0. The van der Waals surface area contributed by atoms with E-state index < -0.39 is 0 Å². The van der Waals surface area contributed by atoms with Gasteiger partial charge in [-0.2, -0.15) is 0 Å². The number of ether oxygens (including phenoxy) is 1. The SMILES string of the molecule is C=CC1CCC2C3C(OC(C)(C)C)CC4CC(C)CCC4(C)C3CCC12C. The Balaban J connectivity index is 1.71. The Morgan fingerprint density at radius 3 is 2.26 bits per heavy atom. The number of hydrogen-bond acceptors (Lipinski definition) is 1. The van der Waals surface area contributed by atoms with Crippen LogP contribution in [0.2, 0.25) is 0 Å². The number of allylic oxidation sites excluding steroid dienone is 1. The molecule has 0 aromatic carbocycles. The van der Waals surface area contributed by atoms with Gasteiger partial charge in [-0.15, -0.1) is 6.58 Å². The molecule has 154 valence electrons. The van der Waals surface area contributed by atoms with Crippen LogP contribution in [-0.2, 0) is 4.74 Å². The van der Waals surface area contributed by atoms with E-state index in [9.17, 15) is 0 Å². The molecule has 0 amide bonds. The second-order valence-corrected chi connectivity index (χ2v) is 12.3. The van der Waals surface area contributed by atoms with Gasteiger partial charge in [0.25, 0.3) is 0 Å². The second kappa shape index (κ2) is 6.61. The van der Waals surface area contributed by atoms with Gasteiger partial charge >= 0.3 is 0 Å². The topological polar surface area (TPSA) is 9.23 Å². The Labute approximate surface area is 168 Å². The van der Waals surface area contributed by atoms with Crippen molar-refractivity contribution in [1.29, 1.82) is 0 Å². The lowest BCUT2D eigenvalue weighted by Crippen LogP contribution is -2.59. The average molecular weight is 373 g/mol. The zero-order valence-corrected chi connectivity index (χ0v) is 18.9. The molecule has 0 bridgehead atoms. The van der Waals surface area contributed by atoms with E-state index in [1.165, 1.54) is 51.4 Å². The Morgan fingerprint density at radius 1 is 0.926 bits per heavy atom. The van der Waals surface area contributed by atoms with Crippen molar-refractivity contribution in [2.75, 3.05) is 0 Å². The molecule has 0 radical (unpaired) electrons. The monoisotopic (exact) mass is 372 g/mol. The summed E-state index contributed by atoms with van der Waals surface area (Å²) in [5.41, 5.74) is 0.990. The van der Waals surface area contributed by atoms with Gasteiger partial charge in [-0.25, -0.2) is 0 Å². The molecule has 4 aliphatic carbocycles. The van der Waals surface area contributed by atoms with Crippen LogP contribution in [-0.4, -0.2) is 11.7 Å². The first-order valence-corrected chi connectivity index (χ1v) is 11.9. The van der Waals surface area contributed by atoms with E-state index in [4.69, 9.17) is 4.74 Å². The fraction of sp³-hybridized carbons (Fsp3) is 0.923. The van der Waals surface area contributed by atoms with Crippen molar-refractivity contribution in [1.82, 2.24) is 0 Å². The fourth-order valence-corrected chi connectivity index (χ4v) is 8.42. The fourth-order valence-electron chi connectivity index (χ4n) is 8.42. The van der Waals surface area contributed by atoms with Crippen LogP contribution in [0.5, 0.6) is 0 Å². The Hall–Kier alpha value is -0.300. The highest BCUT2D eigenvalue weighted by Gasteiger charge is 2.62. The highest BCUT2D eigenvalue weighted by molar-refractivity contribution is 5.13. The highest BCUT2D eigenvalue weighted by Crippen LogP contribution is 2.68. The van der Waals surface area contributed by atoms with Crippen molar-refractivity contribution in [2.45, 2.75) is 105 Å². The molecular formula is C26H44O. The molecule has 0 heterocycles. The van der Waals surface area contributed by atoms with E-state index in [-0.39, 0.29) is 5.60 Å². The van der Waals surface area contributed by atoms with Crippen LogP contribution in [0.1, 0.15) is 92.9 Å². The Morgan fingerprint density at radius 2 is 1.59 bits per heavy atom. The molecule has 0 saturated heterocycles. The van der Waals surface area contributed by atoms with Gasteiger partial charge in [-0.1, -0.05) is 33.3 Å². The molecule has 4 rings (SSSR count). The van der Waals surface area contributed by atoms with Crippen molar-refractivity contribution in [3.63, 3.8) is 0 Å². The lowest BCUT2D eigenvalue weighted by atomic mass is 9.43. The van der Waals surface area contributed by atoms with E-state index in [1.807, 2.05) is 0 Å². The minimum atomic E-state index is -0.0342. The van der Waals surface area contributed by atoms with Crippen LogP contribution in [0.3, 0.4) is 0 Å². The van der Waals surface area contributed by atoms with Crippen molar-refractivity contribution < 1.29 is 4.74 Å². The molecule has 0 aromatic rings. The van der Waals surface area contributed by atoms with Crippen LogP contribution in [0.25, 0.3) is 0 Å². The normalized spacial score (nSPS) is 52.6. The first-order chi connectivity index (χ1) is 12.6. The van der Waals surface area contributed by atoms with Gasteiger partial charge < -0.3 is 4.74 Å². The molecule has 9 atom stereocenters. The van der Waals surface area contributed by atoms with Gasteiger partial charge in [-0.05, 0) is 112 Å². The van der Waals surface area contributed by atoms with Crippen LogP contribution in [0.4, 0.5) is 0 Å². The third-order valence-electron chi connectivity index (χ3n) is 9.78. The Bertz CT molecular complexity index is 573. The quantitative estimate of drug-likeness (QED) is 0.463. The maximum atomic E-state index is 6.87. The molecule has 1 heteroatoms. The minimum Gasteiger partial charge on any atom is -0.372 e. The maximum Gasteiger partial charge on any atom is 0.0618 e. The second-order valence-electron chi connectivity index (χ2n) is 12.3. The molecule has 4 aliphatic rings. The number of hydrogen-bond donors (Lipinski definition) is 0. The smallest absolute Gasteiger partial charge is 0.0618 e. The molecule has 4 fully saturated rings. The maximum absolute atomic E-state index is 6.87. The standard InChI is InChI=1S/C26H44O/c1-8-18-9-10-20-23-21(12-14-25(18,20)6)26(7)13-11-17(2)15-19(26)16-22(23)27-24(3,4)5/h8,17-23H,1,9-16H2,2-7H3. The van der Waals surface area contributed by atoms with E-state index in [0.29, 0.717) is 16.9 Å².